The Morgan fingerprint density at radius 3 is 2.52 bits per heavy atom. The fourth-order valence-corrected chi connectivity index (χ4v) is 2.16. The third-order valence-corrected chi connectivity index (χ3v) is 3.18. The number of nitrogens with one attached hydrogen (secondary N) is 1. The Morgan fingerprint density at radius 1 is 1.14 bits per heavy atom. The zero-order chi connectivity index (χ0) is 15.6. The van der Waals surface area contributed by atoms with Crippen molar-refractivity contribution in [2.75, 3.05) is 5.32 Å². The monoisotopic (exact) mass is 360 g/mol. The van der Waals surface area contributed by atoms with Crippen LogP contribution in [0.5, 0.6) is 0 Å². The van der Waals surface area contributed by atoms with Gasteiger partial charge < -0.3 is 5.32 Å². The maximum Gasteiger partial charge on any atom is 0.327 e. The van der Waals surface area contributed by atoms with E-state index in [1.165, 1.54) is 18.2 Å². The number of halogens is 4. The molecule has 0 unspecified atom stereocenters. The van der Waals surface area contributed by atoms with Crippen molar-refractivity contribution >= 4 is 27.3 Å². The molecule has 2 aromatic rings. The Kier molecular flexibility index (Phi) is 4.46. The van der Waals surface area contributed by atoms with E-state index in [0.29, 0.717) is 10.5 Å². The van der Waals surface area contributed by atoms with E-state index >= 15 is 0 Å². The van der Waals surface area contributed by atoms with E-state index in [1.807, 2.05) is 0 Å². The van der Waals surface area contributed by atoms with Crippen LogP contribution in [0.3, 0.4) is 0 Å². The molecule has 2 aromatic carbocycles. The molecular weight excluding hydrogens is 353 g/mol. The van der Waals surface area contributed by atoms with Crippen LogP contribution in [0.2, 0.25) is 0 Å². The average molecular weight is 361 g/mol. The van der Waals surface area contributed by atoms with E-state index in [0.717, 1.165) is 6.07 Å². The first kappa shape index (κ1) is 15.3. The largest absolute Gasteiger partial charge is 0.375 e. The summed E-state index contributed by atoms with van der Waals surface area (Å²) in [5.74, 6) is -2.79. The Bertz CT molecular complexity index is 710. The molecular formula is C13H8BrF3N2O2. The lowest BCUT2D eigenvalue weighted by atomic mass is 10.2. The maximum absolute atomic E-state index is 13.5. The zero-order valence-corrected chi connectivity index (χ0v) is 12.0. The molecule has 2 rings (SSSR count). The van der Waals surface area contributed by atoms with Crippen LogP contribution in [-0.2, 0) is 6.54 Å². The second-order valence-electron chi connectivity index (χ2n) is 4.13. The summed E-state index contributed by atoms with van der Waals surface area (Å²) in [6, 6.07) is 5.37. The number of nitro groups is 1. The molecule has 0 radical (unpaired) electrons. The van der Waals surface area contributed by atoms with Crippen molar-refractivity contribution in [3.05, 3.63) is 67.9 Å². The predicted molar refractivity (Wildman–Crippen MR) is 74.4 cm³/mol. The predicted octanol–water partition coefficient (Wildman–Crippen LogP) is 4.39. The topological polar surface area (TPSA) is 55.2 Å². The molecule has 0 saturated carbocycles. The second-order valence-corrected chi connectivity index (χ2v) is 5.05. The van der Waals surface area contributed by atoms with Crippen LogP contribution in [0.1, 0.15) is 5.56 Å². The highest BCUT2D eigenvalue weighted by atomic mass is 79.9. The molecule has 0 spiro atoms. The first-order valence-corrected chi connectivity index (χ1v) is 6.49. The molecule has 21 heavy (non-hydrogen) atoms. The van der Waals surface area contributed by atoms with Crippen molar-refractivity contribution in [3.8, 4) is 0 Å². The SMILES string of the molecule is O=[N+]([O-])c1c(F)cc(F)cc1NCc1cc(Br)ccc1F. The number of rotatable bonds is 4. The lowest BCUT2D eigenvalue weighted by Crippen LogP contribution is -2.06. The minimum Gasteiger partial charge on any atom is -0.375 e. The summed E-state index contributed by atoms with van der Waals surface area (Å²) in [5, 5.41) is 13.3. The first-order valence-electron chi connectivity index (χ1n) is 5.69. The summed E-state index contributed by atoms with van der Waals surface area (Å²) in [4.78, 5) is 9.84. The van der Waals surface area contributed by atoms with Gasteiger partial charge in [-0.05, 0) is 18.2 Å². The molecule has 0 atom stereocenters. The highest BCUT2D eigenvalue weighted by Gasteiger charge is 2.22. The number of hydrogen-bond acceptors (Lipinski definition) is 3. The molecule has 1 N–H and O–H groups in total. The standard InChI is InChI=1S/C13H8BrF3N2O2/c14-8-1-2-10(16)7(3-8)6-18-12-5-9(15)4-11(17)13(12)19(20)21/h1-5,18H,6H2. The number of nitro benzene ring substituents is 1. The molecule has 110 valence electrons. The average Bonchev–Trinajstić information content (AvgIpc) is 2.38. The molecule has 0 heterocycles. The fourth-order valence-electron chi connectivity index (χ4n) is 1.76. The zero-order valence-electron chi connectivity index (χ0n) is 10.4. The molecule has 0 aliphatic heterocycles. The Balaban J connectivity index is 2.31. The molecule has 4 nitrogen and oxygen atoms in total. The Labute approximate surface area is 125 Å². The third-order valence-electron chi connectivity index (χ3n) is 2.69. The molecule has 0 aromatic heterocycles. The number of benzene rings is 2. The summed E-state index contributed by atoms with van der Waals surface area (Å²) in [7, 11) is 0. The molecule has 0 aliphatic rings. The van der Waals surface area contributed by atoms with Gasteiger partial charge in [-0.3, -0.25) is 10.1 Å². The van der Waals surface area contributed by atoms with E-state index in [2.05, 4.69) is 21.2 Å². The smallest absolute Gasteiger partial charge is 0.327 e. The van der Waals surface area contributed by atoms with Gasteiger partial charge in [0.15, 0.2) is 0 Å². The summed E-state index contributed by atoms with van der Waals surface area (Å²) in [5.41, 5.74) is -1.04. The molecule has 0 bridgehead atoms. The van der Waals surface area contributed by atoms with Gasteiger partial charge in [0.05, 0.1) is 4.92 Å². The summed E-state index contributed by atoms with van der Waals surface area (Å²) in [6.07, 6.45) is 0. The second kappa shape index (κ2) is 6.13. The van der Waals surface area contributed by atoms with Gasteiger partial charge in [0, 0.05) is 28.7 Å². The van der Waals surface area contributed by atoms with Gasteiger partial charge in [-0.2, -0.15) is 4.39 Å². The van der Waals surface area contributed by atoms with Crippen molar-refractivity contribution in [2.45, 2.75) is 6.54 Å². The first-order chi connectivity index (χ1) is 9.88. The molecule has 0 amide bonds. The Hall–Kier alpha value is -2.09. The van der Waals surface area contributed by atoms with Gasteiger partial charge in [0.2, 0.25) is 5.82 Å². The maximum atomic E-state index is 13.5. The van der Waals surface area contributed by atoms with Gasteiger partial charge in [-0.25, -0.2) is 8.78 Å². The van der Waals surface area contributed by atoms with Crippen molar-refractivity contribution in [1.29, 1.82) is 0 Å². The van der Waals surface area contributed by atoms with Crippen molar-refractivity contribution in [3.63, 3.8) is 0 Å². The van der Waals surface area contributed by atoms with Crippen LogP contribution < -0.4 is 5.32 Å². The molecule has 0 fully saturated rings. The van der Waals surface area contributed by atoms with E-state index < -0.39 is 28.1 Å². The van der Waals surface area contributed by atoms with Gasteiger partial charge >= 0.3 is 5.69 Å². The van der Waals surface area contributed by atoms with Crippen molar-refractivity contribution < 1.29 is 18.1 Å². The third kappa shape index (κ3) is 3.52. The van der Waals surface area contributed by atoms with Crippen LogP contribution in [0.15, 0.2) is 34.8 Å². The molecule has 8 heteroatoms. The number of nitrogens with zero attached hydrogens (tertiary/aromatic N) is 1. The lowest BCUT2D eigenvalue weighted by molar-refractivity contribution is -0.386. The van der Waals surface area contributed by atoms with Gasteiger partial charge in [-0.15, -0.1) is 0 Å². The van der Waals surface area contributed by atoms with Gasteiger partial charge in [0.25, 0.3) is 0 Å². The Morgan fingerprint density at radius 2 is 1.86 bits per heavy atom. The van der Waals surface area contributed by atoms with E-state index in [4.69, 9.17) is 0 Å². The van der Waals surface area contributed by atoms with Gasteiger partial charge in [-0.1, -0.05) is 15.9 Å². The minimum absolute atomic E-state index is 0.158. The molecule has 0 aliphatic carbocycles. The normalized spacial score (nSPS) is 10.5. The summed E-state index contributed by atoms with van der Waals surface area (Å²) >= 11 is 3.16. The van der Waals surface area contributed by atoms with Crippen molar-refractivity contribution in [1.82, 2.24) is 0 Å². The van der Waals surface area contributed by atoms with Gasteiger partial charge in [0.1, 0.15) is 17.3 Å². The highest BCUT2D eigenvalue weighted by Crippen LogP contribution is 2.29. The van der Waals surface area contributed by atoms with Crippen LogP contribution in [0.4, 0.5) is 24.5 Å². The summed E-state index contributed by atoms with van der Waals surface area (Å²) < 4.78 is 40.7. The number of anilines is 1. The van der Waals surface area contributed by atoms with Crippen LogP contribution in [0, 0.1) is 27.6 Å². The van der Waals surface area contributed by atoms with Crippen LogP contribution >= 0.6 is 15.9 Å². The number of hydrogen-bond donors (Lipinski definition) is 1. The van der Waals surface area contributed by atoms with Crippen LogP contribution in [0.25, 0.3) is 0 Å². The van der Waals surface area contributed by atoms with E-state index in [1.54, 1.807) is 0 Å². The lowest BCUT2D eigenvalue weighted by Gasteiger charge is -2.09. The van der Waals surface area contributed by atoms with Crippen molar-refractivity contribution in [2.24, 2.45) is 0 Å². The highest BCUT2D eigenvalue weighted by molar-refractivity contribution is 9.10. The summed E-state index contributed by atoms with van der Waals surface area (Å²) in [6.45, 7) is -0.158. The van der Waals surface area contributed by atoms with E-state index in [-0.39, 0.29) is 17.8 Å². The van der Waals surface area contributed by atoms with Crippen LogP contribution in [-0.4, -0.2) is 4.92 Å². The molecule has 0 saturated heterocycles. The fraction of sp³-hybridized carbons (Fsp3) is 0.0769. The quantitative estimate of drug-likeness (QED) is 0.649. The van der Waals surface area contributed by atoms with E-state index in [9.17, 15) is 23.3 Å². The minimum atomic E-state index is -1.29.